The summed E-state index contributed by atoms with van der Waals surface area (Å²) in [7, 11) is 0. The van der Waals surface area contributed by atoms with Crippen LogP contribution in [0.2, 0.25) is 0 Å². The van der Waals surface area contributed by atoms with Gasteiger partial charge in [0.2, 0.25) is 5.91 Å². The molecule has 1 heterocycles. The van der Waals surface area contributed by atoms with Crippen LogP contribution in [0.5, 0.6) is 0 Å². The lowest BCUT2D eigenvalue weighted by molar-refractivity contribution is -0.115. The van der Waals surface area contributed by atoms with E-state index in [1.54, 1.807) is 12.3 Å². The second-order valence-corrected chi connectivity index (χ2v) is 6.19. The fourth-order valence-corrected chi connectivity index (χ4v) is 2.56. The number of nitrogens with one attached hydrogen (secondary N) is 1. The summed E-state index contributed by atoms with van der Waals surface area (Å²) >= 11 is 3.32. The summed E-state index contributed by atoms with van der Waals surface area (Å²) in [5.74, 6) is 0.487. The Morgan fingerprint density at radius 3 is 2.45 bits per heavy atom. The third-order valence-corrected chi connectivity index (χ3v) is 3.75. The van der Waals surface area contributed by atoms with Crippen LogP contribution in [0.4, 0.5) is 11.5 Å². The van der Waals surface area contributed by atoms with Gasteiger partial charge in [-0.1, -0.05) is 6.07 Å². The number of likely N-dealkylation sites (N-methyl/N-ethyl adjacent to an activating group) is 1. The number of hydrogen-bond donors (Lipinski definition) is 1. The fourth-order valence-electron chi connectivity index (χ4n) is 2.32. The molecule has 0 saturated heterocycles. The van der Waals surface area contributed by atoms with E-state index in [1.165, 1.54) is 11.1 Å². The SMILES string of the molecule is CCN(CC(=O)Nc1ccc(Br)cn1)c1cc(C)cc(C)c1. The Morgan fingerprint density at radius 1 is 1.23 bits per heavy atom. The Bertz CT molecular complexity index is 635. The number of pyridine rings is 1. The van der Waals surface area contributed by atoms with Crippen molar-refractivity contribution < 1.29 is 4.79 Å². The van der Waals surface area contributed by atoms with Gasteiger partial charge in [-0.15, -0.1) is 0 Å². The number of rotatable bonds is 5. The molecule has 2 rings (SSSR count). The number of halogens is 1. The average molecular weight is 362 g/mol. The maximum atomic E-state index is 12.2. The van der Waals surface area contributed by atoms with E-state index in [0.717, 1.165) is 16.7 Å². The van der Waals surface area contributed by atoms with Crippen molar-refractivity contribution in [3.8, 4) is 0 Å². The minimum atomic E-state index is -0.0733. The van der Waals surface area contributed by atoms with E-state index in [-0.39, 0.29) is 5.91 Å². The number of amides is 1. The minimum Gasteiger partial charge on any atom is -0.362 e. The van der Waals surface area contributed by atoms with E-state index >= 15 is 0 Å². The first-order valence-corrected chi connectivity index (χ1v) is 8.02. The number of nitrogens with zero attached hydrogens (tertiary/aromatic N) is 2. The Morgan fingerprint density at radius 2 is 1.91 bits per heavy atom. The van der Waals surface area contributed by atoms with Crippen LogP contribution >= 0.6 is 15.9 Å². The fraction of sp³-hybridized carbons (Fsp3) is 0.294. The molecule has 0 atom stereocenters. The van der Waals surface area contributed by atoms with Gasteiger partial charge in [-0.3, -0.25) is 4.79 Å². The predicted molar refractivity (Wildman–Crippen MR) is 94.4 cm³/mol. The van der Waals surface area contributed by atoms with Crippen LogP contribution < -0.4 is 10.2 Å². The zero-order chi connectivity index (χ0) is 16.1. The highest BCUT2D eigenvalue weighted by molar-refractivity contribution is 9.10. The molecule has 0 aliphatic heterocycles. The second-order valence-electron chi connectivity index (χ2n) is 5.27. The van der Waals surface area contributed by atoms with Crippen LogP contribution in [0.25, 0.3) is 0 Å². The molecule has 0 bridgehead atoms. The zero-order valence-corrected chi connectivity index (χ0v) is 14.6. The smallest absolute Gasteiger partial charge is 0.245 e. The van der Waals surface area contributed by atoms with Crippen molar-refractivity contribution in [3.63, 3.8) is 0 Å². The maximum absolute atomic E-state index is 12.2. The number of anilines is 2. The van der Waals surface area contributed by atoms with Gasteiger partial charge in [0.1, 0.15) is 5.82 Å². The van der Waals surface area contributed by atoms with Crippen LogP contribution in [-0.2, 0) is 4.79 Å². The lowest BCUT2D eigenvalue weighted by Crippen LogP contribution is -2.33. The van der Waals surface area contributed by atoms with Crippen molar-refractivity contribution in [3.05, 3.63) is 52.1 Å². The molecule has 0 aliphatic carbocycles. The monoisotopic (exact) mass is 361 g/mol. The molecule has 2 aromatic rings. The highest BCUT2D eigenvalue weighted by Gasteiger charge is 2.11. The van der Waals surface area contributed by atoms with Gasteiger partial charge in [0.25, 0.3) is 0 Å². The minimum absolute atomic E-state index is 0.0733. The molecule has 0 saturated carbocycles. The lowest BCUT2D eigenvalue weighted by atomic mass is 10.1. The first kappa shape index (κ1) is 16.5. The highest BCUT2D eigenvalue weighted by Crippen LogP contribution is 2.18. The van der Waals surface area contributed by atoms with Gasteiger partial charge in [-0.25, -0.2) is 4.98 Å². The summed E-state index contributed by atoms with van der Waals surface area (Å²) in [5.41, 5.74) is 3.46. The van der Waals surface area contributed by atoms with Gasteiger partial charge in [0, 0.05) is 22.9 Å². The van der Waals surface area contributed by atoms with Crippen LogP contribution in [-0.4, -0.2) is 24.0 Å². The van der Waals surface area contributed by atoms with Gasteiger partial charge in [-0.05, 0) is 72.1 Å². The number of carbonyl (C=O) groups excluding carboxylic acids is 1. The van der Waals surface area contributed by atoms with Crippen LogP contribution in [0.15, 0.2) is 41.0 Å². The number of carbonyl (C=O) groups is 1. The molecule has 22 heavy (non-hydrogen) atoms. The van der Waals surface area contributed by atoms with Crippen LogP contribution in [0.3, 0.4) is 0 Å². The summed E-state index contributed by atoms with van der Waals surface area (Å²) in [4.78, 5) is 18.4. The van der Waals surface area contributed by atoms with Crippen molar-refractivity contribution in [2.45, 2.75) is 20.8 Å². The van der Waals surface area contributed by atoms with Crippen molar-refractivity contribution in [2.75, 3.05) is 23.3 Å². The molecule has 4 nitrogen and oxygen atoms in total. The molecule has 0 spiro atoms. The number of aromatic nitrogens is 1. The molecule has 0 aliphatic rings. The molecule has 1 amide bonds. The number of benzene rings is 1. The molecule has 0 fully saturated rings. The average Bonchev–Trinajstić information content (AvgIpc) is 2.46. The first-order valence-electron chi connectivity index (χ1n) is 7.22. The third-order valence-electron chi connectivity index (χ3n) is 3.28. The van der Waals surface area contributed by atoms with Crippen molar-refractivity contribution in [1.82, 2.24) is 4.98 Å². The maximum Gasteiger partial charge on any atom is 0.245 e. The summed E-state index contributed by atoms with van der Waals surface area (Å²) in [6.45, 7) is 7.25. The molecular weight excluding hydrogens is 342 g/mol. The van der Waals surface area contributed by atoms with Crippen molar-refractivity contribution >= 4 is 33.3 Å². The van der Waals surface area contributed by atoms with Crippen molar-refractivity contribution in [1.29, 1.82) is 0 Å². The van der Waals surface area contributed by atoms with E-state index in [9.17, 15) is 4.79 Å². The first-order chi connectivity index (χ1) is 10.5. The highest BCUT2D eigenvalue weighted by atomic mass is 79.9. The predicted octanol–water partition coefficient (Wildman–Crippen LogP) is 3.93. The van der Waals surface area contributed by atoms with E-state index < -0.39 is 0 Å². The largest absolute Gasteiger partial charge is 0.362 e. The van der Waals surface area contributed by atoms with E-state index in [4.69, 9.17) is 0 Å². The topological polar surface area (TPSA) is 45.2 Å². The van der Waals surface area contributed by atoms with Gasteiger partial charge in [0.15, 0.2) is 0 Å². The summed E-state index contributed by atoms with van der Waals surface area (Å²) in [6, 6.07) is 9.95. The normalized spacial score (nSPS) is 10.4. The Balaban J connectivity index is 2.06. The van der Waals surface area contributed by atoms with E-state index in [1.807, 2.05) is 17.9 Å². The Labute approximate surface area is 139 Å². The quantitative estimate of drug-likeness (QED) is 0.877. The summed E-state index contributed by atoms with van der Waals surface area (Å²) < 4.78 is 0.885. The molecule has 116 valence electrons. The zero-order valence-electron chi connectivity index (χ0n) is 13.1. The van der Waals surface area contributed by atoms with Gasteiger partial charge in [0.05, 0.1) is 6.54 Å². The molecule has 0 radical (unpaired) electrons. The number of aryl methyl sites for hydroxylation is 2. The Hall–Kier alpha value is -1.88. The van der Waals surface area contributed by atoms with E-state index in [0.29, 0.717) is 12.4 Å². The summed E-state index contributed by atoms with van der Waals surface area (Å²) in [6.07, 6.45) is 1.66. The second kappa shape index (κ2) is 7.40. The lowest BCUT2D eigenvalue weighted by Gasteiger charge is -2.23. The van der Waals surface area contributed by atoms with Crippen molar-refractivity contribution in [2.24, 2.45) is 0 Å². The van der Waals surface area contributed by atoms with Gasteiger partial charge in [-0.2, -0.15) is 0 Å². The molecular formula is C17H20BrN3O. The van der Waals surface area contributed by atoms with Gasteiger partial charge < -0.3 is 10.2 Å². The molecule has 0 unspecified atom stereocenters. The molecule has 1 aromatic carbocycles. The Kier molecular flexibility index (Phi) is 5.55. The van der Waals surface area contributed by atoms with Gasteiger partial charge >= 0.3 is 0 Å². The molecule has 1 N–H and O–H groups in total. The molecule has 1 aromatic heterocycles. The van der Waals surface area contributed by atoms with Crippen LogP contribution in [0.1, 0.15) is 18.1 Å². The summed E-state index contributed by atoms with van der Waals surface area (Å²) in [5, 5.41) is 2.82. The van der Waals surface area contributed by atoms with Crippen LogP contribution in [0, 0.1) is 13.8 Å². The standard InChI is InChI=1S/C17H20BrN3O/c1-4-21(15-8-12(2)7-13(3)9-15)11-17(22)20-16-6-5-14(18)10-19-16/h5-10H,4,11H2,1-3H3,(H,19,20,22). The molecule has 5 heteroatoms. The third kappa shape index (κ3) is 4.56. The van der Waals surface area contributed by atoms with E-state index in [2.05, 4.69) is 58.3 Å². The number of hydrogen-bond acceptors (Lipinski definition) is 3.